The molecule has 0 aliphatic heterocycles. The van der Waals surface area contributed by atoms with Crippen LogP contribution in [0.2, 0.25) is 0 Å². The van der Waals surface area contributed by atoms with Gasteiger partial charge in [0, 0.05) is 55.3 Å². The van der Waals surface area contributed by atoms with E-state index >= 15 is 0 Å². The summed E-state index contributed by atoms with van der Waals surface area (Å²) in [6.45, 7) is 0. The highest BCUT2D eigenvalue weighted by Crippen LogP contribution is 2.49. The Morgan fingerprint density at radius 2 is 1.12 bits per heavy atom. The Hall–Kier alpha value is -6.17. The first kappa shape index (κ1) is 27.0. The van der Waals surface area contributed by atoms with Crippen LogP contribution in [0.1, 0.15) is 0 Å². The number of oxazole rings is 1. The molecule has 3 heterocycles. The Kier molecular flexibility index (Phi) is 6.01. The van der Waals surface area contributed by atoms with Crippen molar-refractivity contribution in [1.82, 2.24) is 4.98 Å². The van der Waals surface area contributed by atoms with Crippen LogP contribution in [-0.4, -0.2) is 4.98 Å². The van der Waals surface area contributed by atoms with E-state index in [0.717, 1.165) is 71.3 Å². The average Bonchev–Trinajstić information content (AvgIpc) is 3.86. The number of aromatic nitrogens is 1. The quantitative estimate of drug-likeness (QED) is 0.189. The standard InChI is InChI=1S/C43H26N2O2S/c1-3-11-27(12-4-1)28-19-21-30(22-20-28)45(31-23-24-33-32-15-7-9-17-36(32)46-37(33)25-31)35-26-38-41(44-43(47-38)29-13-5-2-6-14-29)40-34-16-8-10-18-39(34)48-42(35)40/h1-26H. The van der Waals surface area contributed by atoms with Crippen molar-refractivity contribution in [2.24, 2.45) is 0 Å². The third-order valence-corrected chi connectivity index (χ3v) is 10.3. The van der Waals surface area contributed by atoms with Crippen molar-refractivity contribution in [2.75, 3.05) is 4.90 Å². The van der Waals surface area contributed by atoms with E-state index in [-0.39, 0.29) is 0 Å². The van der Waals surface area contributed by atoms with Gasteiger partial charge in [0.1, 0.15) is 16.7 Å². The largest absolute Gasteiger partial charge is 0.456 e. The molecule has 0 atom stereocenters. The van der Waals surface area contributed by atoms with E-state index in [1.54, 1.807) is 11.3 Å². The minimum absolute atomic E-state index is 0.613. The van der Waals surface area contributed by atoms with Gasteiger partial charge in [-0.2, -0.15) is 0 Å². The summed E-state index contributed by atoms with van der Waals surface area (Å²) in [5, 5.41) is 4.48. The molecule has 0 bridgehead atoms. The lowest BCUT2D eigenvalue weighted by atomic mass is 10.0. The first-order chi connectivity index (χ1) is 23.8. The summed E-state index contributed by atoms with van der Waals surface area (Å²) in [5.41, 5.74) is 9.70. The molecule has 0 saturated carbocycles. The molecule has 0 aliphatic carbocycles. The summed E-state index contributed by atoms with van der Waals surface area (Å²) in [7, 11) is 0. The van der Waals surface area contributed by atoms with Crippen LogP contribution < -0.4 is 4.90 Å². The fourth-order valence-electron chi connectivity index (χ4n) is 6.84. The van der Waals surface area contributed by atoms with Gasteiger partial charge in [-0.25, -0.2) is 4.98 Å². The minimum Gasteiger partial charge on any atom is -0.456 e. The number of nitrogens with zero attached hydrogens (tertiary/aromatic N) is 2. The molecule has 226 valence electrons. The average molecular weight is 635 g/mol. The highest BCUT2D eigenvalue weighted by molar-refractivity contribution is 7.26. The third kappa shape index (κ3) is 4.25. The van der Waals surface area contributed by atoms with Crippen LogP contribution in [0.15, 0.2) is 167 Å². The first-order valence-electron chi connectivity index (χ1n) is 16.0. The van der Waals surface area contributed by atoms with E-state index < -0.39 is 0 Å². The number of furan rings is 1. The molecular weight excluding hydrogens is 609 g/mol. The monoisotopic (exact) mass is 634 g/mol. The van der Waals surface area contributed by atoms with E-state index in [1.807, 2.05) is 48.5 Å². The number of fused-ring (bicyclic) bond motifs is 8. The Bertz CT molecular complexity index is 2780. The van der Waals surface area contributed by atoms with Crippen molar-refractivity contribution < 1.29 is 8.83 Å². The second kappa shape index (κ2) is 10.7. The number of benzene rings is 7. The maximum Gasteiger partial charge on any atom is 0.227 e. The SMILES string of the molecule is c1ccc(-c2ccc(N(c3ccc4c(c3)oc3ccccc34)c3cc4oc(-c5ccccc5)nc4c4c3sc3ccccc34)cc2)cc1. The summed E-state index contributed by atoms with van der Waals surface area (Å²) in [6, 6.07) is 54.8. The van der Waals surface area contributed by atoms with E-state index in [0.29, 0.717) is 5.89 Å². The molecule has 48 heavy (non-hydrogen) atoms. The molecule has 0 saturated heterocycles. The first-order valence-corrected chi connectivity index (χ1v) is 16.8. The number of rotatable bonds is 5. The van der Waals surface area contributed by atoms with Crippen molar-refractivity contribution in [3.63, 3.8) is 0 Å². The molecule has 0 amide bonds. The molecule has 3 aromatic heterocycles. The van der Waals surface area contributed by atoms with Crippen LogP contribution in [-0.2, 0) is 0 Å². The van der Waals surface area contributed by atoms with Gasteiger partial charge in [-0.3, -0.25) is 0 Å². The topological polar surface area (TPSA) is 42.4 Å². The van der Waals surface area contributed by atoms with Crippen LogP contribution in [0.3, 0.4) is 0 Å². The smallest absolute Gasteiger partial charge is 0.227 e. The maximum absolute atomic E-state index is 6.58. The second-order valence-electron chi connectivity index (χ2n) is 12.0. The van der Waals surface area contributed by atoms with Crippen LogP contribution in [0.5, 0.6) is 0 Å². The lowest BCUT2D eigenvalue weighted by Crippen LogP contribution is -2.10. The Labute approximate surface area is 279 Å². The van der Waals surface area contributed by atoms with Crippen molar-refractivity contribution >= 4 is 81.6 Å². The lowest BCUT2D eigenvalue weighted by Gasteiger charge is -2.26. The molecule has 0 fully saturated rings. The van der Waals surface area contributed by atoms with E-state index in [1.165, 1.54) is 15.6 Å². The van der Waals surface area contributed by atoms with E-state index in [4.69, 9.17) is 13.8 Å². The molecule has 10 aromatic rings. The van der Waals surface area contributed by atoms with Gasteiger partial charge >= 0.3 is 0 Å². The van der Waals surface area contributed by atoms with Gasteiger partial charge in [0.25, 0.3) is 0 Å². The number of hydrogen-bond acceptors (Lipinski definition) is 5. The highest BCUT2D eigenvalue weighted by Gasteiger charge is 2.24. The highest BCUT2D eigenvalue weighted by atomic mass is 32.1. The number of anilines is 3. The zero-order valence-corrected chi connectivity index (χ0v) is 26.4. The summed E-state index contributed by atoms with van der Waals surface area (Å²) in [4.78, 5) is 7.42. The van der Waals surface area contributed by atoms with Gasteiger partial charge in [-0.05, 0) is 59.7 Å². The molecule has 7 aromatic carbocycles. The molecule has 5 heteroatoms. The number of para-hydroxylation sites is 1. The van der Waals surface area contributed by atoms with Gasteiger partial charge in [0.15, 0.2) is 5.58 Å². The van der Waals surface area contributed by atoms with E-state index in [9.17, 15) is 0 Å². The van der Waals surface area contributed by atoms with Crippen LogP contribution in [0, 0.1) is 0 Å². The zero-order valence-electron chi connectivity index (χ0n) is 25.6. The fourth-order valence-corrected chi connectivity index (χ4v) is 8.05. The molecule has 0 radical (unpaired) electrons. The van der Waals surface area contributed by atoms with Gasteiger partial charge in [-0.1, -0.05) is 97.1 Å². The zero-order chi connectivity index (χ0) is 31.6. The van der Waals surface area contributed by atoms with Crippen LogP contribution in [0.4, 0.5) is 17.1 Å². The number of hydrogen-bond donors (Lipinski definition) is 0. The van der Waals surface area contributed by atoms with Crippen molar-refractivity contribution in [1.29, 1.82) is 0 Å². The summed E-state index contributed by atoms with van der Waals surface area (Å²) >= 11 is 1.79. The lowest BCUT2D eigenvalue weighted by molar-refractivity contribution is 0.620. The minimum atomic E-state index is 0.613. The van der Waals surface area contributed by atoms with Crippen molar-refractivity contribution in [3.8, 4) is 22.6 Å². The Balaban J connectivity index is 1.25. The molecular formula is C43H26N2O2S. The second-order valence-corrected chi connectivity index (χ2v) is 13.0. The fraction of sp³-hybridized carbons (Fsp3) is 0. The molecule has 0 aliphatic rings. The van der Waals surface area contributed by atoms with Gasteiger partial charge < -0.3 is 13.7 Å². The summed E-state index contributed by atoms with van der Waals surface area (Å²) in [5.74, 6) is 0.613. The molecule has 10 rings (SSSR count). The van der Waals surface area contributed by atoms with E-state index in [2.05, 4.69) is 114 Å². The van der Waals surface area contributed by atoms with Crippen LogP contribution >= 0.6 is 11.3 Å². The summed E-state index contributed by atoms with van der Waals surface area (Å²) in [6.07, 6.45) is 0. The van der Waals surface area contributed by atoms with Gasteiger partial charge in [0.05, 0.1) is 10.4 Å². The van der Waals surface area contributed by atoms with Gasteiger partial charge in [-0.15, -0.1) is 11.3 Å². The molecule has 4 nitrogen and oxygen atoms in total. The Morgan fingerprint density at radius 1 is 0.479 bits per heavy atom. The number of thiophene rings is 1. The third-order valence-electron chi connectivity index (χ3n) is 9.10. The molecule has 0 spiro atoms. The molecule has 0 N–H and O–H groups in total. The normalized spacial score (nSPS) is 11.8. The predicted molar refractivity (Wildman–Crippen MR) is 200 cm³/mol. The Morgan fingerprint density at radius 3 is 1.94 bits per heavy atom. The van der Waals surface area contributed by atoms with Crippen molar-refractivity contribution in [2.45, 2.75) is 0 Å². The van der Waals surface area contributed by atoms with Crippen molar-refractivity contribution in [3.05, 3.63) is 158 Å². The van der Waals surface area contributed by atoms with Gasteiger partial charge in [0.2, 0.25) is 5.89 Å². The molecule has 0 unspecified atom stereocenters. The predicted octanol–water partition coefficient (Wildman–Crippen LogP) is 12.9. The maximum atomic E-state index is 6.58. The summed E-state index contributed by atoms with van der Waals surface area (Å²) < 4.78 is 15.3. The van der Waals surface area contributed by atoms with Crippen LogP contribution in [0.25, 0.3) is 75.8 Å².